The Labute approximate surface area is 107 Å². The number of hydrogen-bond acceptors (Lipinski definition) is 3. The zero-order chi connectivity index (χ0) is 11.4. The molecule has 16 heavy (non-hydrogen) atoms. The van der Waals surface area contributed by atoms with Crippen molar-refractivity contribution in [2.45, 2.75) is 44.4 Å². The van der Waals surface area contributed by atoms with Gasteiger partial charge in [-0.3, -0.25) is 4.90 Å². The van der Waals surface area contributed by atoms with Crippen molar-refractivity contribution in [3.63, 3.8) is 0 Å². The minimum absolute atomic E-state index is 0.347. The molecule has 3 nitrogen and oxygen atoms in total. The highest BCUT2D eigenvalue weighted by Gasteiger charge is 2.28. The number of hydrogen-bond donors (Lipinski definition) is 0. The van der Waals surface area contributed by atoms with Gasteiger partial charge in [0, 0.05) is 31.1 Å². The molecule has 2 aliphatic rings. The second-order valence-corrected chi connectivity index (χ2v) is 5.55. The molecule has 2 heterocycles. The van der Waals surface area contributed by atoms with E-state index in [1.807, 2.05) is 0 Å². The normalized spacial score (nSPS) is 37.5. The van der Waals surface area contributed by atoms with E-state index in [-0.39, 0.29) is 0 Å². The van der Waals surface area contributed by atoms with Gasteiger partial charge in [-0.25, -0.2) is 0 Å². The average molecular weight is 292 g/mol. The lowest BCUT2D eigenvalue weighted by molar-refractivity contribution is -0.0759. The van der Waals surface area contributed by atoms with E-state index in [2.05, 4.69) is 27.8 Å². The van der Waals surface area contributed by atoms with E-state index in [0.29, 0.717) is 18.2 Å². The van der Waals surface area contributed by atoms with Crippen LogP contribution in [0.2, 0.25) is 0 Å². The molecule has 0 aromatic heterocycles. The van der Waals surface area contributed by atoms with Crippen molar-refractivity contribution in [1.82, 2.24) is 4.90 Å². The zero-order valence-corrected chi connectivity index (χ0v) is 11.6. The summed E-state index contributed by atoms with van der Waals surface area (Å²) in [5.74, 6) is 0. The van der Waals surface area contributed by atoms with Crippen LogP contribution in [0.15, 0.2) is 0 Å². The van der Waals surface area contributed by atoms with E-state index >= 15 is 0 Å². The molecule has 0 radical (unpaired) electrons. The monoisotopic (exact) mass is 291 g/mol. The summed E-state index contributed by atoms with van der Waals surface area (Å²) in [6.07, 6.45) is 4.58. The third kappa shape index (κ3) is 3.42. The quantitative estimate of drug-likeness (QED) is 0.743. The summed E-state index contributed by atoms with van der Waals surface area (Å²) in [4.78, 5) is 2.52. The van der Waals surface area contributed by atoms with Crippen LogP contribution >= 0.6 is 15.9 Å². The van der Waals surface area contributed by atoms with Gasteiger partial charge in [0.1, 0.15) is 0 Å². The molecule has 2 rings (SSSR count). The number of morpholine rings is 1. The number of alkyl halides is 1. The average Bonchev–Trinajstić information content (AvgIpc) is 2.33. The van der Waals surface area contributed by atoms with Crippen molar-refractivity contribution in [3.8, 4) is 0 Å². The van der Waals surface area contributed by atoms with Gasteiger partial charge in [0.25, 0.3) is 0 Å². The fourth-order valence-corrected chi connectivity index (χ4v) is 2.83. The predicted molar refractivity (Wildman–Crippen MR) is 68.2 cm³/mol. The van der Waals surface area contributed by atoms with Gasteiger partial charge in [0.15, 0.2) is 0 Å². The van der Waals surface area contributed by atoms with Gasteiger partial charge in [-0.15, -0.1) is 0 Å². The first-order valence-electron chi connectivity index (χ1n) is 6.33. The molecule has 94 valence electrons. The number of rotatable bonds is 3. The molecule has 2 aliphatic heterocycles. The van der Waals surface area contributed by atoms with E-state index in [4.69, 9.17) is 9.47 Å². The Morgan fingerprint density at radius 2 is 2.12 bits per heavy atom. The molecule has 0 aromatic rings. The Morgan fingerprint density at radius 3 is 2.81 bits per heavy atom. The second-order valence-electron chi connectivity index (χ2n) is 4.90. The van der Waals surface area contributed by atoms with Gasteiger partial charge < -0.3 is 9.47 Å². The van der Waals surface area contributed by atoms with Crippen molar-refractivity contribution in [3.05, 3.63) is 0 Å². The van der Waals surface area contributed by atoms with Crippen molar-refractivity contribution in [2.75, 3.05) is 31.6 Å². The fraction of sp³-hybridized carbons (Fsp3) is 1.00. The molecule has 2 fully saturated rings. The number of nitrogens with zero attached hydrogens (tertiary/aromatic N) is 1. The van der Waals surface area contributed by atoms with Crippen molar-refractivity contribution in [1.29, 1.82) is 0 Å². The minimum Gasteiger partial charge on any atom is -0.377 e. The molecule has 2 saturated heterocycles. The van der Waals surface area contributed by atoms with Gasteiger partial charge in [-0.1, -0.05) is 15.9 Å². The Hall–Kier alpha value is 0.360. The molecule has 0 saturated carbocycles. The molecule has 0 aromatic carbocycles. The van der Waals surface area contributed by atoms with Crippen LogP contribution in [-0.4, -0.2) is 54.8 Å². The van der Waals surface area contributed by atoms with Crippen LogP contribution < -0.4 is 0 Å². The lowest BCUT2D eigenvalue weighted by atomic mass is 10.1. The van der Waals surface area contributed by atoms with Crippen LogP contribution in [0.3, 0.4) is 0 Å². The van der Waals surface area contributed by atoms with Crippen LogP contribution in [0.25, 0.3) is 0 Å². The smallest absolute Gasteiger partial charge is 0.0799 e. The number of halogens is 1. The molecular formula is C12H22BrNO2. The first kappa shape index (κ1) is 12.8. The van der Waals surface area contributed by atoms with E-state index in [0.717, 1.165) is 31.6 Å². The predicted octanol–water partition coefficient (Wildman–Crippen LogP) is 2.04. The standard InChI is InChI=1S/C12H22BrNO2/c1-10-9-16-12(6-13)8-14(10)7-11-4-2-3-5-15-11/h10-12H,2-9H2,1H3. The third-order valence-corrected chi connectivity index (χ3v) is 4.24. The first-order chi connectivity index (χ1) is 7.79. The Kier molecular flexibility index (Phi) is 5.07. The molecule has 4 heteroatoms. The summed E-state index contributed by atoms with van der Waals surface area (Å²) in [6, 6.07) is 0.529. The third-order valence-electron chi connectivity index (χ3n) is 3.52. The molecule has 0 amide bonds. The maximum Gasteiger partial charge on any atom is 0.0799 e. The number of ether oxygens (including phenoxy) is 2. The van der Waals surface area contributed by atoms with E-state index < -0.39 is 0 Å². The lowest BCUT2D eigenvalue weighted by Gasteiger charge is -2.39. The van der Waals surface area contributed by atoms with Crippen LogP contribution in [0.1, 0.15) is 26.2 Å². The van der Waals surface area contributed by atoms with Gasteiger partial charge in [0.05, 0.1) is 18.8 Å². The van der Waals surface area contributed by atoms with Gasteiger partial charge in [0.2, 0.25) is 0 Å². The lowest BCUT2D eigenvalue weighted by Crippen LogP contribution is -2.51. The SMILES string of the molecule is CC1COC(CBr)CN1CC1CCCCO1. The van der Waals surface area contributed by atoms with Gasteiger partial charge >= 0.3 is 0 Å². The molecule has 3 atom stereocenters. The summed E-state index contributed by atoms with van der Waals surface area (Å²) in [5, 5.41) is 0.932. The maximum atomic E-state index is 5.80. The highest BCUT2D eigenvalue weighted by molar-refractivity contribution is 9.09. The highest BCUT2D eigenvalue weighted by Crippen LogP contribution is 2.18. The van der Waals surface area contributed by atoms with Crippen molar-refractivity contribution < 1.29 is 9.47 Å². The Balaban J connectivity index is 1.81. The molecule has 3 unspecified atom stereocenters. The van der Waals surface area contributed by atoms with E-state index in [1.54, 1.807) is 0 Å². The minimum atomic E-state index is 0.347. The summed E-state index contributed by atoms with van der Waals surface area (Å²) < 4.78 is 11.5. The summed E-state index contributed by atoms with van der Waals surface area (Å²) in [7, 11) is 0. The topological polar surface area (TPSA) is 21.7 Å². The highest BCUT2D eigenvalue weighted by atomic mass is 79.9. The molecular weight excluding hydrogens is 270 g/mol. The summed E-state index contributed by atoms with van der Waals surface area (Å²) in [6.45, 7) is 6.15. The van der Waals surface area contributed by atoms with Gasteiger partial charge in [-0.2, -0.15) is 0 Å². The maximum absolute atomic E-state index is 5.80. The first-order valence-corrected chi connectivity index (χ1v) is 7.45. The molecule has 0 aliphatic carbocycles. The van der Waals surface area contributed by atoms with E-state index in [1.165, 1.54) is 19.3 Å². The van der Waals surface area contributed by atoms with Crippen LogP contribution in [0.5, 0.6) is 0 Å². The molecule has 0 spiro atoms. The van der Waals surface area contributed by atoms with Crippen LogP contribution in [0, 0.1) is 0 Å². The fourth-order valence-electron chi connectivity index (χ4n) is 2.44. The summed E-state index contributed by atoms with van der Waals surface area (Å²) >= 11 is 3.50. The second kappa shape index (κ2) is 6.34. The molecule has 0 bridgehead atoms. The van der Waals surface area contributed by atoms with Crippen LogP contribution in [0.4, 0.5) is 0 Å². The zero-order valence-electron chi connectivity index (χ0n) is 10.0. The Morgan fingerprint density at radius 1 is 1.25 bits per heavy atom. The van der Waals surface area contributed by atoms with Gasteiger partial charge in [-0.05, 0) is 26.2 Å². The van der Waals surface area contributed by atoms with Crippen molar-refractivity contribution in [2.24, 2.45) is 0 Å². The van der Waals surface area contributed by atoms with E-state index in [9.17, 15) is 0 Å². The van der Waals surface area contributed by atoms with Crippen LogP contribution in [-0.2, 0) is 9.47 Å². The summed E-state index contributed by atoms with van der Waals surface area (Å²) in [5.41, 5.74) is 0. The Bertz CT molecular complexity index is 209. The van der Waals surface area contributed by atoms with Crippen molar-refractivity contribution >= 4 is 15.9 Å². The largest absolute Gasteiger partial charge is 0.377 e. The molecule has 0 N–H and O–H groups in total.